The Morgan fingerprint density at radius 3 is 2.61 bits per heavy atom. The molecule has 0 unspecified atom stereocenters. The topological polar surface area (TPSA) is 66.8 Å². The summed E-state index contributed by atoms with van der Waals surface area (Å²) < 4.78 is 5.45. The maximum Gasteiger partial charge on any atom is 0.308 e. The molecular formula is C14H20O4. The summed E-state index contributed by atoms with van der Waals surface area (Å²) in [6, 6.07) is 9.84. The van der Waals surface area contributed by atoms with E-state index in [0.29, 0.717) is 26.1 Å². The van der Waals surface area contributed by atoms with E-state index in [1.807, 2.05) is 30.3 Å². The third-order valence-corrected chi connectivity index (χ3v) is 2.87. The lowest BCUT2D eigenvalue weighted by molar-refractivity contribution is -0.145. The first-order valence-electron chi connectivity index (χ1n) is 6.14. The molecule has 100 valence electrons. The number of carboxylic acids is 1. The highest BCUT2D eigenvalue weighted by Crippen LogP contribution is 2.10. The molecule has 1 aromatic rings. The van der Waals surface area contributed by atoms with Crippen LogP contribution in [-0.2, 0) is 16.1 Å². The molecule has 0 aromatic heterocycles. The molecule has 2 atom stereocenters. The van der Waals surface area contributed by atoms with Crippen LogP contribution in [0.1, 0.15) is 25.3 Å². The molecule has 0 fully saturated rings. The van der Waals surface area contributed by atoms with Gasteiger partial charge >= 0.3 is 5.97 Å². The number of aliphatic hydroxyl groups is 1. The third kappa shape index (κ3) is 5.29. The van der Waals surface area contributed by atoms with Gasteiger partial charge in [-0.3, -0.25) is 4.79 Å². The quantitative estimate of drug-likeness (QED) is 0.695. The summed E-state index contributed by atoms with van der Waals surface area (Å²) in [4.78, 5) is 10.6. The minimum atomic E-state index is -0.965. The van der Waals surface area contributed by atoms with Crippen molar-refractivity contribution in [1.29, 1.82) is 0 Å². The molecular weight excluding hydrogens is 232 g/mol. The van der Waals surface area contributed by atoms with E-state index in [-0.39, 0.29) is 0 Å². The molecule has 0 saturated heterocycles. The smallest absolute Gasteiger partial charge is 0.308 e. The van der Waals surface area contributed by atoms with Crippen LogP contribution < -0.4 is 0 Å². The Hall–Kier alpha value is -1.39. The fraction of sp³-hybridized carbons (Fsp3) is 0.500. The highest BCUT2D eigenvalue weighted by molar-refractivity contribution is 5.70. The summed E-state index contributed by atoms with van der Waals surface area (Å²) in [6.07, 6.45) is 0.302. The average molecular weight is 252 g/mol. The number of benzene rings is 1. The molecule has 4 nitrogen and oxygen atoms in total. The zero-order valence-corrected chi connectivity index (χ0v) is 10.6. The largest absolute Gasteiger partial charge is 0.481 e. The third-order valence-electron chi connectivity index (χ3n) is 2.87. The summed E-state index contributed by atoms with van der Waals surface area (Å²) in [7, 11) is 0. The molecule has 0 saturated carbocycles. The Morgan fingerprint density at radius 2 is 2.00 bits per heavy atom. The van der Waals surface area contributed by atoms with Crippen LogP contribution in [0.4, 0.5) is 0 Å². The van der Waals surface area contributed by atoms with Gasteiger partial charge in [0.25, 0.3) is 0 Å². The van der Waals surface area contributed by atoms with Crippen LogP contribution in [0, 0.1) is 5.92 Å². The number of hydrogen-bond acceptors (Lipinski definition) is 3. The van der Waals surface area contributed by atoms with Crippen LogP contribution in [0.15, 0.2) is 30.3 Å². The fourth-order valence-corrected chi connectivity index (χ4v) is 1.57. The van der Waals surface area contributed by atoms with Gasteiger partial charge in [0, 0.05) is 6.61 Å². The summed E-state index contributed by atoms with van der Waals surface area (Å²) >= 11 is 0. The molecule has 0 heterocycles. The van der Waals surface area contributed by atoms with Crippen molar-refractivity contribution in [3.05, 3.63) is 35.9 Å². The Kier molecular flexibility index (Phi) is 6.39. The lowest BCUT2D eigenvalue weighted by Crippen LogP contribution is -2.25. The van der Waals surface area contributed by atoms with E-state index in [4.69, 9.17) is 9.84 Å². The lowest BCUT2D eigenvalue weighted by Gasteiger charge is -2.14. The maximum atomic E-state index is 10.6. The van der Waals surface area contributed by atoms with Gasteiger partial charge in [0.2, 0.25) is 0 Å². The van der Waals surface area contributed by atoms with E-state index >= 15 is 0 Å². The highest BCUT2D eigenvalue weighted by Gasteiger charge is 2.20. The van der Waals surface area contributed by atoms with Gasteiger partial charge in [-0.2, -0.15) is 0 Å². The molecule has 4 heteroatoms. The van der Waals surface area contributed by atoms with E-state index in [1.54, 1.807) is 0 Å². The number of carboxylic acid groups (broad SMARTS) is 1. The van der Waals surface area contributed by atoms with E-state index in [0.717, 1.165) is 5.56 Å². The van der Waals surface area contributed by atoms with Crippen LogP contribution >= 0.6 is 0 Å². The van der Waals surface area contributed by atoms with Gasteiger partial charge in [0.05, 0.1) is 18.6 Å². The Labute approximate surface area is 107 Å². The van der Waals surface area contributed by atoms with Gasteiger partial charge in [-0.1, -0.05) is 30.3 Å². The van der Waals surface area contributed by atoms with Crippen LogP contribution in [0.2, 0.25) is 0 Å². The molecule has 0 bridgehead atoms. The summed E-state index contributed by atoms with van der Waals surface area (Å²) in [5.74, 6) is -1.69. The molecule has 0 aliphatic rings. The van der Waals surface area contributed by atoms with Crippen molar-refractivity contribution < 1.29 is 19.7 Å². The SMILES string of the molecule is C[C@H](C(=O)O)[C@H](O)CCCOCc1ccccc1. The fourth-order valence-electron chi connectivity index (χ4n) is 1.57. The number of ether oxygens (including phenoxy) is 1. The minimum Gasteiger partial charge on any atom is -0.481 e. The molecule has 0 amide bonds. The Morgan fingerprint density at radius 1 is 1.33 bits per heavy atom. The minimum absolute atomic E-state index is 0.447. The lowest BCUT2D eigenvalue weighted by atomic mass is 10.0. The molecule has 0 aliphatic heterocycles. The molecule has 2 N–H and O–H groups in total. The molecule has 0 radical (unpaired) electrons. The van der Waals surface area contributed by atoms with E-state index < -0.39 is 18.0 Å². The van der Waals surface area contributed by atoms with Crippen molar-refractivity contribution >= 4 is 5.97 Å². The molecule has 18 heavy (non-hydrogen) atoms. The molecule has 0 spiro atoms. The molecule has 0 aliphatic carbocycles. The van der Waals surface area contributed by atoms with Crippen LogP contribution in [0.25, 0.3) is 0 Å². The van der Waals surface area contributed by atoms with Gasteiger partial charge in [0.15, 0.2) is 0 Å². The number of aliphatic carboxylic acids is 1. The molecule has 1 aromatic carbocycles. The van der Waals surface area contributed by atoms with E-state index in [1.165, 1.54) is 6.92 Å². The van der Waals surface area contributed by atoms with Crippen LogP contribution in [-0.4, -0.2) is 28.9 Å². The first kappa shape index (κ1) is 14.7. The number of carbonyl (C=O) groups is 1. The highest BCUT2D eigenvalue weighted by atomic mass is 16.5. The van der Waals surface area contributed by atoms with Gasteiger partial charge < -0.3 is 14.9 Å². The van der Waals surface area contributed by atoms with Gasteiger partial charge in [-0.15, -0.1) is 0 Å². The first-order chi connectivity index (χ1) is 8.61. The second-order valence-corrected chi connectivity index (χ2v) is 4.37. The van der Waals surface area contributed by atoms with Crippen molar-refractivity contribution in [2.45, 2.75) is 32.5 Å². The van der Waals surface area contributed by atoms with Gasteiger partial charge in [-0.25, -0.2) is 0 Å². The Balaban J connectivity index is 2.10. The second-order valence-electron chi connectivity index (χ2n) is 4.37. The monoisotopic (exact) mass is 252 g/mol. The first-order valence-corrected chi connectivity index (χ1v) is 6.14. The standard InChI is InChI=1S/C14H20O4/c1-11(14(16)17)13(15)8-5-9-18-10-12-6-3-2-4-7-12/h2-4,6-7,11,13,15H,5,8-10H2,1H3,(H,16,17)/t11-,13+/m0/s1. The van der Waals surface area contributed by atoms with Crippen LogP contribution in [0.3, 0.4) is 0 Å². The summed E-state index contributed by atoms with van der Waals surface area (Å²) in [5.41, 5.74) is 1.11. The van der Waals surface area contributed by atoms with Crippen molar-refractivity contribution in [2.24, 2.45) is 5.92 Å². The normalized spacial score (nSPS) is 14.1. The molecule has 1 rings (SSSR count). The van der Waals surface area contributed by atoms with E-state index in [2.05, 4.69) is 0 Å². The zero-order valence-electron chi connectivity index (χ0n) is 10.6. The maximum absolute atomic E-state index is 10.6. The van der Waals surface area contributed by atoms with Gasteiger partial charge in [0.1, 0.15) is 0 Å². The van der Waals surface area contributed by atoms with Crippen molar-refractivity contribution in [1.82, 2.24) is 0 Å². The van der Waals surface area contributed by atoms with Gasteiger partial charge in [-0.05, 0) is 25.3 Å². The van der Waals surface area contributed by atoms with Crippen LogP contribution in [0.5, 0.6) is 0 Å². The predicted molar refractivity (Wildman–Crippen MR) is 68.1 cm³/mol. The van der Waals surface area contributed by atoms with Crippen molar-refractivity contribution in [3.63, 3.8) is 0 Å². The Bertz CT molecular complexity index is 350. The predicted octanol–water partition coefficient (Wildman–Crippen LogP) is 2.06. The average Bonchev–Trinajstić information content (AvgIpc) is 2.38. The zero-order chi connectivity index (χ0) is 13.4. The van der Waals surface area contributed by atoms with E-state index in [9.17, 15) is 9.90 Å². The number of hydrogen-bond donors (Lipinski definition) is 2. The number of aliphatic hydroxyl groups excluding tert-OH is 1. The van der Waals surface area contributed by atoms with Crippen molar-refractivity contribution in [2.75, 3.05) is 6.61 Å². The summed E-state index contributed by atoms with van der Waals surface area (Å²) in [6.45, 7) is 2.58. The second kappa shape index (κ2) is 7.84. The summed E-state index contributed by atoms with van der Waals surface area (Å²) in [5, 5.41) is 18.3. The number of rotatable bonds is 8. The van der Waals surface area contributed by atoms with Crippen molar-refractivity contribution in [3.8, 4) is 0 Å².